The van der Waals surface area contributed by atoms with Gasteiger partial charge in [0.05, 0.1) is 6.04 Å². The molecule has 0 aromatic carbocycles. The molecule has 0 heterocycles. The predicted molar refractivity (Wildman–Crippen MR) is 59.7 cm³/mol. The third-order valence-electron chi connectivity index (χ3n) is 2.60. The van der Waals surface area contributed by atoms with Crippen LogP contribution in [0.5, 0.6) is 0 Å². The minimum atomic E-state index is -0.172. The van der Waals surface area contributed by atoms with Gasteiger partial charge in [0.15, 0.2) is 0 Å². The van der Waals surface area contributed by atoms with Gasteiger partial charge >= 0.3 is 0 Å². The van der Waals surface area contributed by atoms with Crippen LogP contribution < -0.4 is 5.32 Å². The Hall–Kier alpha value is -0.970. The van der Waals surface area contributed by atoms with Crippen LogP contribution in [0, 0.1) is 23.7 Å². The van der Waals surface area contributed by atoms with Crippen LogP contribution in [0.2, 0.25) is 0 Å². The standard InChI is InChI=1S/C12H21NO/c1-7-10(3)13-11(14)8-9(2)12(4,5)6/h1,9-10H,8H2,2-6H3,(H,13,14). The fourth-order valence-corrected chi connectivity index (χ4v) is 0.926. The van der Waals surface area contributed by atoms with Crippen LogP contribution in [0.4, 0.5) is 0 Å². The van der Waals surface area contributed by atoms with Crippen molar-refractivity contribution in [1.82, 2.24) is 5.32 Å². The first-order chi connectivity index (χ1) is 6.27. The van der Waals surface area contributed by atoms with E-state index in [0.717, 1.165) is 0 Å². The van der Waals surface area contributed by atoms with Gasteiger partial charge in [0, 0.05) is 6.42 Å². The zero-order valence-electron chi connectivity index (χ0n) is 9.85. The third-order valence-corrected chi connectivity index (χ3v) is 2.60. The molecule has 0 radical (unpaired) electrons. The summed E-state index contributed by atoms with van der Waals surface area (Å²) < 4.78 is 0. The van der Waals surface area contributed by atoms with Gasteiger partial charge in [-0.3, -0.25) is 4.79 Å². The molecule has 0 spiro atoms. The lowest BCUT2D eigenvalue weighted by atomic mass is 9.80. The molecule has 0 fully saturated rings. The molecule has 1 amide bonds. The molecule has 0 saturated carbocycles. The summed E-state index contributed by atoms with van der Waals surface area (Å²) in [6.07, 6.45) is 5.71. The van der Waals surface area contributed by atoms with E-state index in [1.165, 1.54) is 0 Å². The van der Waals surface area contributed by atoms with E-state index in [4.69, 9.17) is 6.42 Å². The largest absolute Gasteiger partial charge is 0.343 e. The average molecular weight is 195 g/mol. The molecule has 14 heavy (non-hydrogen) atoms. The number of terminal acetylenes is 1. The van der Waals surface area contributed by atoms with Crippen molar-refractivity contribution < 1.29 is 4.79 Å². The summed E-state index contributed by atoms with van der Waals surface area (Å²) in [7, 11) is 0. The van der Waals surface area contributed by atoms with Crippen LogP contribution in [0.15, 0.2) is 0 Å². The van der Waals surface area contributed by atoms with Crippen molar-refractivity contribution in [3.8, 4) is 12.3 Å². The van der Waals surface area contributed by atoms with Gasteiger partial charge in [0.2, 0.25) is 5.91 Å². The highest BCUT2D eigenvalue weighted by Gasteiger charge is 2.22. The van der Waals surface area contributed by atoms with Crippen LogP contribution >= 0.6 is 0 Å². The van der Waals surface area contributed by atoms with E-state index < -0.39 is 0 Å². The first-order valence-electron chi connectivity index (χ1n) is 5.03. The predicted octanol–water partition coefficient (Wildman–Crippen LogP) is 2.20. The molecule has 0 aromatic heterocycles. The summed E-state index contributed by atoms with van der Waals surface area (Å²) in [4.78, 5) is 11.5. The normalized spacial score (nSPS) is 15.4. The molecule has 0 aromatic rings. The molecule has 1 N–H and O–H groups in total. The summed E-state index contributed by atoms with van der Waals surface area (Å²) in [5, 5.41) is 2.76. The Morgan fingerprint density at radius 1 is 1.43 bits per heavy atom. The van der Waals surface area contributed by atoms with Crippen molar-refractivity contribution in [2.45, 2.75) is 47.1 Å². The number of rotatable bonds is 3. The van der Waals surface area contributed by atoms with E-state index in [9.17, 15) is 4.79 Å². The minimum absolute atomic E-state index is 0.0397. The van der Waals surface area contributed by atoms with Crippen LogP contribution in [-0.4, -0.2) is 11.9 Å². The highest BCUT2D eigenvalue weighted by molar-refractivity contribution is 5.76. The van der Waals surface area contributed by atoms with Crippen LogP contribution in [0.1, 0.15) is 41.0 Å². The number of amides is 1. The summed E-state index contributed by atoms with van der Waals surface area (Å²) in [5.41, 5.74) is 0.163. The fraction of sp³-hybridized carbons (Fsp3) is 0.750. The number of carbonyl (C=O) groups excluding carboxylic acids is 1. The molecular formula is C12H21NO. The molecule has 2 nitrogen and oxygen atoms in total. The zero-order chi connectivity index (χ0) is 11.4. The van der Waals surface area contributed by atoms with Crippen molar-refractivity contribution in [3.05, 3.63) is 0 Å². The lowest BCUT2D eigenvalue weighted by molar-refractivity contribution is -0.122. The van der Waals surface area contributed by atoms with Gasteiger partial charge in [-0.2, -0.15) is 0 Å². The Morgan fingerprint density at radius 3 is 2.29 bits per heavy atom. The second-order valence-electron chi connectivity index (χ2n) is 4.93. The second kappa shape index (κ2) is 5.05. The average Bonchev–Trinajstić information content (AvgIpc) is 2.02. The van der Waals surface area contributed by atoms with E-state index >= 15 is 0 Å². The summed E-state index contributed by atoms with van der Waals surface area (Å²) in [5.74, 6) is 2.87. The molecule has 0 bridgehead atoms. The van der Waals surface area contributed by atoms with Gasteiger partial charge in [-0.25, -0.2) is 0 Å². The smallest absolute Gasteiger partial charge is 0.221 e. The maximum Gasteiger partial charge on any atom is 0.221 e. The van der Waals surface area contributed by atoms with Gasteiger partial charge in [0.25, 0.3) is 0 Å². The van der Waals surface area contributed by atoms with Gasteiger partial charge in [0.1, 0.15) is 0 Å². The Bertz CT molecular complexity index is 232. The molecule has 80 valence electrons. The molecule has 2 heteroatoms. The Balaban J connectivity index is 4.03. The SMILES string of the molecule is C#CC(C)NC(=O)CC(C)C(C)(C)C. The zero-order valence-corrected chi connectivity index (χ0v) is 9.85. The van der Waals surface area contributed by atoms with Crippen LogP contribution in [0.3, 0.4) is 0 Å². The van der Waals surface area contributed by atoms with Crippen molar-refractivity contribution in [3.63, 3.8) is 0 Å². The van der Waals surface area contributed by atoms with E-state index in [1.807, 2.05) is 0 Å². The van der Waals surface area contributed by atoms with E-state index in [0.29, 0.717) is 12.3 Å². The number of hydrogen-bond donors (Lipinski definition) is 1. The van der Waals surface area contributed by atoms with Crippen molar-refractivity contribution >= 4 is 5.91 Å². The first kappa shape index (κ1) is 13.0. The van der Waals surface area contributed by atoms with Gasteiger partial charge in [-0.1, -0.05) is 33.6 Å². The summed E-state index contributed by atoms with van der Waals surface area (Å²) in [6, 6.07) is -0.172. The molecule has 2 unspecified atom stereocenters. The lowest BCUT2D eigenvalue weighted by Gasteiger charge is -2.26. The van der Waals surface area contributed by atoms with Crippen molar-refractivity contribution in [2.24, 2.45) is 11.3 Å². The molecular weight excluding hydrogens is 174 g/mol. The summed E-state index contributed by atoms with van der Waals surface area (Å²) in [6.45, 7) is 10.3. The Kier molecular flexibility index (Phi) is 4.70. The molecule has 2 atom stereocenters. The van der Waals surface area contributed by atoms with Crippen molar-refractivity contribution in [2.75, 3.05) is 0 Å². The Morgan fingerprint density at radius 2 is 1.93 bits per heavy atom. The molecule has 0 aliphatic heterocycles. The molecule has 0 aliphatic rings. The van der Waals surface area contributed by atoms with Crippen molar-refractivity contribution in [1.29, 1.82) is 0 Å². The van der Waals surface area contributed by atoms with Gasteiger partial charge in [-0.05, 0) is 18.3 Å². The van der Waals surface area contributed by atoms with Crippen LogP contribution in [-0.2, 0) is 4.79 Å². The number of hydrogen-bond acceptors (Lipinski definition) is 1. The second-order valence-corrected chi connectivity index (χ2v) is 4.93. The highest BCUT2D eigenvalue weighted by Crippen LogP contribution is 2.27. The number of nitrogens with one attached hydrogen (secondary N) is 1. The fourth-order valence-electron chi connectivity index (χ4n) is 0.926. The maximum atomic E-state index is 11.5. The highest BCUT2D eigenvalue weighted by atomic mass is 16.1. The molecule has 0 rings (SSSR count). The molecule has 0 aliphatic carbocycles. The maximum absolute atomic E-state index is 11.5. The van der Waals surface area contributed by atoms with E-state index in [2.05, 4.69) is 38.9 Å². The van der Waals surface area contributed by atoms with Gasteiger partial charge < -0.3 is 5.32 Å². The lowest BCUT2D eigenvalue weighted by Crippen LogP contribution is -2.34. The van der Waals surface area contributed by atoms with Crippen LogP contribution in [0.25, 0.3) is 0 Å². The third kappa shape index (κ3) is 4.91. The quantitative estimate of drug-likeness (QED) is 0.687. The number of carbonyl (C=O) groups is 1. The van der Waals surface area contributed by atoms with E-state index in [1.54, 1.807) is 6.92 Å². The monoisotopic (exact) mass is 195 g/mol. The topological polar surface area (TPSA) is 29.1 Å². The minimum Gasteiger partial charge on any atom is -0.343 e. The first-order valence-corrected chi connectivity index (χ1v) is 5.03. The van der Waals surface area contributed by atoms with Gasteiger partial charge in [-0.15, -0.1) is 6.42 Å². The van der Waals surface area contributed by atoms with E-state index in [-0.39, 0.29) is 17.4 Å². The Labute approximate surface area is 87.5 Å². The summed E-state index contributed by atoms with van der Waals surface area (Å²) >= 11 is 0. The molecule has 0 saturated heterocycles.